The topological polar surface area (TPSA) is 21.3 Å². The number of hydrogen-bond donors (Lipinski definition) is 1. The van der Waals surface area contributed by atoms with Gasteiger partial charge >= 0.3 is 0 Å². The third-order valence-electron chi connectivity index (χ3n) is 3.46. The number of benzene rings is 1. The number of likely N-dealkylation sites (N-methyl/N-ethyl adjacent to an activating group) is 1. The van der Waals surface area contributed by atoms with Crippen LogP contribution in [-0.4, -0.2) is 26.3 Å². The zero-order valence-corrected chi connectivity index (χ0v) is 13.1. The largest absolute Gasteiger partial charge is 0.383 e. The fourth-order valence-corrected chi connectivity index (χ4v) is 2.25. The highest BCUT2D eigenvalue weighted by molar-refractivity contribution is 5.27. The molecule has 2 nitrogen and oxygen atoms in total. The van der Waals surface area contributed by atoms with E-state index in [9.17, 15) is 0 Å². The Balaban J connectivity index is 2.53. The molecule has 0 saturated heterocycles. The summed E-state index contributed by atoms with van der Waals surface area (Å²) in [7, 11) is 1.77. The van der Waals surface area contributed by atoms with Gasteiger partial charge in [0.25, 0.3) is 0 Å². The van der Waals surface area contributed by atoms with E-state index in [1.165, 1.54) is 11.1 Å². The first-order valence-corrected chi connectivity index (χ1v) is 7.29. The van der Waals surface area contributed by atoms with E-state index in [0.29, 0.717) is 6.04 Å². The molecule has 0 aliphatic heterocycles. The maximum atomic E-state index is 5.25. The van der Waals surface area contributed by atoms with Crippen molar-refractivity contribution >= 4 is 0 Å². The Labute approximate surface area is 118 Å². The molecule has 0 aliphatic carbocycles. The highest BCUT2D eigenvalue weighted by Gasteiger charge is 2.13. The van der Waals surface area contributed by atoms with Gasteiger partial charge in [0.15, 0.2) is 0 Å². The molecule has 0 radical (unpaired) electrons. The lowest BCUT2D eigenvalue weighted by Crippen LogP contribution is -2.33. The minimum absolute atomic E-state index is 0.237. The Kier molecular flexibility index (Phi) is 6.53. The minimum Gasteiger partial charge on any atom is -0.383 e. The molecule has 0 bridgehead atoms. The molecule has 0 aliphatic rings. The highest BCUT2D eigenvalue weighted by Crippen LogP contribution is 2.22. The van der Waals surface area contributed by atoms with Crippen molar-refractivity contribution < 1.29 is 4.74 Å². The van der Waals surface area contributed by atoms with Gasteiger partial charge in [-0.15, -0.1) is 0 Å². The van der Waals surface area contributed by atoms with Gasteiger partial charge in [-0.25, -0.2) is 0 Å². The van der Waals surface area contributed by atoms with Crippen LogP contribution in [0.5, 0.6) is 0 Å². The van der Waals surface area contributed by atoms with Gasteiger partial charge in [0.2, 0.25) is 0 Å². The summed E-state index contributed by atoms with van der Waals surface area (Å²) < 4.78 is 5.25. The number of methoxy groups -OCH3 is 1. The van der Waals surface area contributed by atoms with Crippen LogP contribution in [0.25, 0.3) is 0 Å². The average Bonchev–Trinajstić information content (AvgIpc) is 2.36. The van der Waals surface area contributed by atoms with Crippen molar-refractivity contribution in [2.24, 2.45) is 0 Å². The number of hydrogen-bond acceptors (Lipinski definition) is 2. The number of nitrogens with one attached hydrogen (secondary N) is 1. The second-order valence-corrected chi connectivity index (χ2v) is 6.20. The van der Waals surface area contributed by atoms with E-state index in [4.69, 9.17) is 4.74 Å². The Bertz CT molecular complexity index is 345. The second-order valence-electron chi connectivity index (χ2n) is 6.20. The van der Waals surface area contributed by atoms with Crippen LogP contribution in [-0.2, 0) is 16.6 Å². The van der Waals surface area contributed by atoms with Gasteiger partial charge in [-0.3, -0.25) is 0 Å². The molecule has 1 aromatic rings. The third kappa shape index (κ3) is 5.75. The zero-order valence-electron chi connectivity index (χ0n) is 13.1. The van der Waals surface area contributed by atoms with E-state index < -0.39 is 0 Å². The first kappa shape index (κ1) is 16.2. The summed E-state index contributed by atoms with van der Waals surface area (Å²) in [5, 5.41) is 3.46. The predicted molar refractivity (Wildman–Crippen MR) is 82.8 cm³/mol. The summed E-state index contributed by atoms with van der Waals surface area (Å²) in [6.07, 6.45) is 2.22. The average molecular weight is 263 g/mol. The molecule has 1 rings (SSSR count). The summed E-state index contributed by atoms with van der Waals surface area (Å²) >= 11 is 0. The lowest BCUT2D eigenvalue weighted by atomic mass is 9.86. The molecule has 2 heteroatoms. The number of aryl methyl sites for hydroxylation is 1. The maximum Gasteiger partial charge on any atom is 0.0615 e. The van der Waals surface area contributed by atoms with E-state index >= 15 is 0 Å². The third-order valence-corrected chi connectivity index (χ3v) is 3.46. The Morgan fingerprint density at radius 3 is 2.26 bits per heavy atom. The van der Waals surface area contributed by atoms with Gasteiger partial charge in [-0.1, -0.05) is 52.0 Å². The number of rotatable bonds is 7. The molecule has 0 aromatic heterocycles. The minimum atomic E-state index is 0.237. The molecule has 0 amide bonds. The Hall–Kier alpha value is -0.860. The monoisotopic (exact) mass is 263 g/mol. The Morgan fingerprint density at radius 2 is 1.79 bits per heavy atom. The van der Waals surface area contributed by atoms with Gasteiger partial charge in [-0.2, -0.15) is 0 Å². The highest BCUT2D eigenvalue weighted by atomic mass is 16.5. The fourth-order valence-electron chi connectivity index (χ4n) is 2.25. The standard InChI is InChI=1S/C17H29NO/c1-6-18-16(13-19-5)12-9-14-7-10-15(11-8-14)17(2,3)4/h7-8,10-11,16,18H,6,9,12-13H2,1-5H3. The summed E-state index contributed by atoms with van der Waals surface area (Å²) in [4.78, 5) is 0. The van der Waals surface area contributed by atoms with Crippen LogP contribution in [0.1, 0.15) is 45.2 Å². The van der Waals surface area contributed by atoms with Crippen molar-refractivity contribution in [2.45, 2.75) is 52.0 Å². The Morgan fingerprint density at radius 1 is 1.16 bits per heavy atom. The van der Waals surface area contributed by atoms with Crippen LogP contribution < -0.4 is 5.32 Å². The zero-order chi connectivity index (χ0) is 14.3. The molecule has 0 spiro atoms. The van der Waals surface area contributed by atoms with Crippen LogP contribution >= 0.6 is 0 Å². The second kappa shape index (κ2) is 7.66. The molecular formula is C17H29NO. The van der Waals surface area contributed by atoms with Crippen molar-refractivity contribution in [3.63, 3.8) is 0 Å². The van der Waals surface area contributed by atoms with Crippen LogP contribution in [0.3, 0.4) is 0 Å². The van der Waals surface area contributed by atoms with Gasteiger partial charge in [0, 0.05) is 13.2 Å². The smallest absolute Gasteiger partial charge is 0.0615 e. The van der Waals surface area contributed by atoms with Crippen LogP contribution in [0.4, 0.5) is 0 Å². The van der Waals surface area contributed by atoms with E-state index in [0.717, 1.165) is 26.0 Å². The van der Waals surface area contributed by atoms with E-state index in [-0.39, 0.29) is 5.41 Å². The fraction of sp³-hybridized carbons (Fsp3) is 0.647. The van der Waals surface area contributed by atoms with Gasteiger partial charge < -0.3 is 10.1 Å². The van der Waals surface area contributed by atoms with Crippen LogP contribution in [0, 0.1) is 0 Å². The van der Waals surface area contributed by atoms with E-state index in [1.54, 1.807) is 7.11 Å². The van der Waals surface area contributed by atoms with Crippen molar-refractivity contribution in [3.8, 4) is 0 Å². The normalized spacial score (nSPS) is 13.5. The van der Waals surface area contributed by atoms with Gasteiger partial charge in [0.05, 0.1) is 6.61 Å². The molecule has 1 unspecified atom stereocenters. The van der Waals surface area contributed by atoms with Gasteiger partial charge in [-0.05, 0) is 35.9 Å². The van der Waals surface area contributed by atoms with Crippen LogP contribution in [0.2, 0.25) is 0 Å². The maximum absolute atomic E-state index is 5.25. The molecule has 1 atom stereocenters. The first-order chi connectivity index (χ1) is 8.97. The van der Waals surface area contributed by atoms with Crippen molar-refractivity contribution in [3.05, 3.63) is 35.4 Å². The first-order valence-electron chi connectivity index (χ1n) is 7.29. The number of ether oxygens (including phenoxy) is 1. The molecule has 1 aromatic carbocycles. The summed E-state index contributed by atoms with van der Waals surface area (Å²) in [5.74, 6) is 0. The molecule has 0 saturated carbocycles. The molecule has 0 fully saturated rings. The quantitative estimate of drug-likeness (QED) is 0.812. The van der Waals surface area contributed by atoms with Gasteiger partial charge in [0.1, 0.15) is 0 Å². The summed E-state index contributed by atoms with van der Waals surface area (Å²) in [6.45, 7) is 10.7. The summed E-state index contributed by atoms with van der Waals surface area (Å²) in [5.41, 5.74) is 3.05. The summed E-state index contributed by atoms with van der Waals surface area (Å²) in [6, 6.07) is 9.49. The molecule has 0 heterocycles. The van der Waals surface area contributed by atoms with E-state index in [1.807, 2.05) is 0 Å². The molecule has 19 heavy (non-hydrogen) atoms. The lowest BCUT2D eigenvalue weighted by molar-refractivity contribution is 0.163. The molecular weight excluding hydrogens is 234 g/mol. The van der Waals surface area contributed by atoms with Crippen molar-refractivity contribution in [1.82, 2.24) is 5.32 Å². The lowest BCUT2D eigenvalue weighted by Gasteiger charge is -2.20. The van der Waals surface area contributed by atoms with Crippen LogP contribution in [0.15, 0.2) is 24.3 Å². The predicted octanol–water partition coefficient (Wildman–Crippen LogP) is 3.54. The van der Waals surface area contributed by atoms with Crippen molar-refractivity contribution in [1.29, 1.82) is 0 Å². The van der Waals surface area contributed by atoms with Crippen molar-refractivity contribution in [2.75, 3.05) is 20.3 Å². The SMILES string of the molecule is CCNC(CCc1ccc(C(C)(C)C)cc1)COC. The molecule has 108 valence electrons. The molecule has 1 N–H and O–H groups in total. The van der Waals surface area contributed by atoms with E-state index in [2.05, 4.69) is 57.3 Å².